The zero-order valence-electron chi connectivity index (χ0n) is 28.3. The van der Waals surface area contributed by atoms with Crippen LogP contribution in [0.25, 0.3) is 38.3 Å². The van der Waals surface area contributed by atoms with Crippen LogP contribution in [0.1, 0.15) is 59.4 Å². The highest BCUT2D eigenvalue weighted by Crippen LogP contribution is 2.50. The lowest BCUT2D eigenvalue weighted by molar-refractivity contribution is 0.402. The van der Waals surface area contributed by atoms with E-state index in [1.54, 1.807) is 5.56 Å². The molecule has 8 aromatic rings. The van der Waals surface area contributed by atoms with Crippen LogP contribution >= 0.6 is 0 Å². The molecule has 1 aliphatic carbocycles. The molecule has 0 bridgehead atoms. The number of fused-ring (bicyclic) bond motifs is 7. The number of hydrogen-bond donors (Lipinski definition) is 0. The molecule has 2 unspecified atom stereocenters. The van der Waals surface area contributed by atoms with Gasteiger partial charge in [0.05, 0.1) is 11.0 Å². The van der Waals surface area contributed by atoms with Crippen molar-refractivity contribution in [2.24, 2.45) is 0 Å². The first-order valence-electron chi connectivity index (χ1n) is 18.3. The Labute approximate surface area is 294 Å². The summed E-state index contributed by atoms with van der Waals surface area (Å²) in [5.74, 6) is 0.669. The van der Waals surface area contributed by atoms with E-state index in [4.69, 9.17) is 0 Å². The van der Waals surface area contributed by atoms with Crippen molar-refractivity contribution < 1.29 is 0 Å². The van der Waals surface area contributed by atoms with Gasteiger partial charge in [-0.25, -0.2) is 0 Å². The van der Waals surface area contributed by atoms with E-state index in [0.29, 0.717) is 12.0 Å². The van der Waals surface area contributed by atoms with Crippen molar-refractivity contribution in [3.63, 3.8) is 0 Å². The van der Waals surface area contributed by atoms with Gasteiger partial charge in [-0.05, 0) is 107 Å². The molecule has 0 amide bonds. The van der Waals surface area contributed by atoms with Crippen LogP contribution in [0, 0.1) is 0 Å². The summed E-state index contributed by atoms with van der Waals surface area (Å²) < 4.78 is 2.39. The summed E-state index contributed by atoms with van der Waals surface area (Å²) >= 11 is 0. The fraction of sp³-hybridized carbons (Fsp3) is 0.167. The van der Waals surface area contributed by atoms with Gasteiger partial charge in [-0.1, -0.05) is 128 Å². The quantitative estimate of drug-likeness (QED) is 0.175. The van der Waals surface area contributed by atoms with Gasteiger partial charge < -0.3 is 9.47 Å². The monoisotopic (exact) mass is 644 g/mol. The van der Waals surface area contributed by atoms with Gasteiger partial charge in [-0.3, -0.25) is 0 Å². The Bertz CT molecular complexity index is 2450. The number of hydrogen-bond acceptors (Lipinski definition) is 1. The van der Waals surface area contributed by atoms with Crippen LogP contribution in [-0.4, -0.2) is 10.6 Å². The molecule has 2 heteroatoms. The third-order valence-corrected chi connectivity index (χ3v) is 11.5. The molecular weight excluding hydrogens is 605 g/mol. The Morgan fingerprint density at radius 3 is 1.56 bits per heavy atom. The summed E-state index contributed by atoms with van der Waals surface area (Å²) in [6.45, 7) is 0. The maximum absolute atomic E-state index is 2.64. The van der Waals surface area contributed by atoms with Gasteiger partial charge in [0.15, 0.2) is 0 Å². The van der Waals surface area contributed by atoms with E-state index in [2.05, 4.69) is 167 Å². The first kappa shape index (κ1) is 29.3. The summed E-state index contributed by atoms with van der Waals surface area (Å²) in [5, 5.41) is 5.30. The summed E-state index contributed by atoms with van der Waals surface area (Å²) in [4.78, 5) is 2.64. The smallest absolute Gasteiger partial charge is 0.0541 e. The number of nitrogens with zero attached hydrogens (tertiary/aromatic N) is 2. The van der Waals surface area contributed by atoms with Crippen molar-refractivity contribution in [1.29, 1.82) is 0 Å². The topological polar surface area (TPSA) is 8.17 Å². The van der Waals surface area contributed by atoms with Crippen LogP contribution in [0.4, 0.5) is 11.4 Å². The normalized spacial score (nSPS) is 17.0. The van der Waals surface area contributed by atoms with Crippen molar-refractivity contribution in [2.75, 3.05) is 4.90 Å². The molecule has 1 aromatic heterocycles. The number of rotatable bonds is 6. The van der Waals surface area contributed by atoms with E-state index < -0.39 is 0 Å². The lowest BCUT2D eigenvalue weighted by atomic mass is 9.82. The van der Waals surface area contributed by atoms with Gasteiger partial charge >= 0.3 is 0 Å². The summed E-state index contributed by atoms with van der Waals surface area (Å²) in [6, 6.07) is 59.4. The van der Waals surface area contributed by atoms with Crippen LogP contribution in [0.3, 0.4) is 0 Å². The number of para-hydroxylation sites is 3. The van der Waals surface area contributed by atoms with Gasteiger partial charge in [-0.2, -0.15) is 0 Å². The van der Waals surface area contributed by atoms with Crippen LogP contribution < -0.4 is 4.90 Å². The highest BCUT2D eigenvalue weighted by molar-refractivity contribution is 6.09. The number of anilines is 2. The van der Waals surface area contributed by atoms with Gasteiger partial charge in [0.2, 0.25) is 0 Å². The maximum atomic E-state index is 2.64. The van der Waals surface area contributed by atoms with Gasteiger partial charge in [0.25, 0.3) is 0 Å². The third kappa shape index (κ3) is 4.85. The molecule has 10 rings (SSSR count). The minimum Gasteiger partial charge on any atom is -0.338 e. The van der Waals surface area contributed by atoms with E-state index in [1.807, 2.05) is 0 Å². The van der Waals surface area contributed by atoms with E-state index in [9.17, 15) is 0 Å². The molecule has 0 saturated heterocycles. The fourth-order valence-electron chi connectivity index (χ4n) is 9.22. The van der Waals surface area contributed by atoms with Crippen LogP contribution in [-0.2, 0) is 12.8 Å². The average Bonchev–Trinajstić information content (AvgIpc) is 3.70. The molecule has 50 heavy (non-hydrogen) atoms. The Balaban J connectivity index is 0.915. The lowest BCUT2D eigenvalue weighted by Crippen LogP contribution is -2.32. The zero-order chi connectivity index (χ0) is 33.0. The molecule has 7 aromatic carbocycles. The fourth-order valence-corrected chi connectivity index (χ4v) is 9.22. The molecule has 0 N–H and O–H groups in total. The van der Waals surface area contributed by atoms with E-state index >= 15 is 0 Å². The predicted octanol–water partition coefficient (Wildman–Crippen LogP) is 12.3. The van der Waals surface area contributed by atoms with E-state index in [0.717, 1.165) is 12.8 Å². The maximum Gasteiger partial charge on any atom is 0.0541 e. The average molecular weight is 645 g/mol. The summed E-state index contributed by atoms with van der Waals surface area (Å²) in [7, 11) is 0. The summed E-state index contributed by atoms with van der Waals surface area (Å²) in [5.41, 5.74) is 13.4. The van der Waals surface area contributed by atoms with Crippen molar-refractivity contribution in [3.05, 3.63) is 186 Å². The predicted molar refractivity (Wildman–Crippen MR) is 210 cm³/mol. The van der Waals surface area contributed by atoms with Crippen LogP contribution in [0.5, 0.6) is 0 Å². The van der Waals surface area contributed by atoms with E-state index in [-0.39, 0.29) is 0 Å². The molecule has 1 saturated carbocycles. The molecule has 2 nitrogen and oxygen atoms in total. The minimum absolute atomic E-state index is 0.591. The molecule has 1 fully saturated rings. The second kappa shape index (κ2) is 12.1. The van der Waals surface area contributed by atoms with Crippen LogP contribution in [0.15, 0.2) is 158 Å². The Hall–Kier alpha value is -5.60. The molecule has 2 heterocycles. The molecule has 242 valence electrons. The Morgan fingerprint density at radius 2 is 0.940 bits per heavy atom. The van der Waals surface area contributed by atoms with Gasteiger partial charge in [-0.15, -0.1) is 0 Å². The van der Waals surface area contributed by atoms with Crippen molar-refractivity contribution in [3.8, 4) is 5.69 Å². The van der Waals surface area contributed by atoms with E-state index in [1.165, 1.54) is 97.6 Å². The van der Waals surface area contributed by atoms with Crippen molar-refractivity contribution >= 4 is 44.0 Å². The van der Waals surface area contributed by atoms with Gasteiger partial charge in [0.1, 0.15) is 0 Å². The second-order valence-electron chi connectivity index (χ2n) is 14.4. The highest BCUT2D eigenvalue weighted by Gasteiger charge is 2.40. The van der Waals surface area contributed by atoms with Crippen molar-refractivity contribution in [2.45, 2.75) is 50.5 Å². The summed E-state index contributed by atoms with van der Waals surface area (Å²) in [6.07, 6.45) is 7.11. The molecule has 0 radical (unpaired) electrons. The highest BCUT2D eigenvalue weighted by atomic mass is 15.2. The zero-order valence-corrected chi connectivity index (χ0v) is 28.3. The van der Waals surface area contributed by atoms with Crippen LogP contribution in [0.2, 0.25) is 0 Å². The third-order valence-electron chi connectivity index (χ3n) is 11.5. The standard InChI is InChI=1S/C48H40N2/c1-2-12-40-36(32-34-23-29-38(30-24-34)50-47-19-9-5-15-43(47)44-16-6-10-20-48(44)50)26-25-35(39(40)11-1)31-33-21-27-37(28-22-33)49-45-17-7-3-13-41(45)42-14-4-8-18-46(42)49/h1-5,7-9,11-15,17-19,21-30,44,48H,6,10,16,20,31-32H2. The molecule has 2 aliphatic rings. The first-order chi connectivity index (χ1) is 24.8. The van der Waals surface area contributed by atoms with Gasteiger partial charge in [0, 0.05) is 39.8 Å². The lowest BCUT2D eigenvalue weighted by Gasteiger charge is -2.33. The second-order valence-corrected chi connectivity index (χ2v) is 14.4. The first-order valence-corrected chi connectivity index (χ1v) is 18.3. The largest absolute Gasteiger partial charge is 0.338 e. The molecule has 0 spiro atoms. The number of aromatic nitrogens is 1. The Morgan fingerprint density at radius 1 is 0.440 bits per heavy atom. The van der Waals surface area contributed by atoms with Crippen molar-refractivity contribution in [1.82, 2.24) is 4.57 Å². The SMILES string of the molecule is c1ccc2c(c1)C1CCCCC1N2c1ccc(Cc2ccc(Cc3ccc(-n4c5ccccc5c5ccccc54)cc3)c3ccccc23)cc1. The minimum atomic E-state index is 0.591. The Kier molecular flexibility index (Phi) is 7.08. The molecule has 1 aliphatic heterocycles. The number of benzene rings is 7. The molecule has 2 atom stereocenters. The molecular formula is C48H40N2.